The quantitative estimate of drug-likeness (QED) is 0.424. The fraction of sp³-hybridized carbons (Fsp3) is 0. The summed E-state index contributed by atoms with van der Waals surface area (Å²) in [6, 6.07) is 14.1. The van der Waals surface area contributed by atoms with Gasteiger partial charge in [-0.1, -0.05) is 39.1 Å². The van der Waals surface area contributed by atoms with Crippen molar-refractivity contribution in [2.75, 3.05) is 0 Å². The van der Waals surface area contributed by atoms with Gasteiger partial charge in [0.1, 0.15) is 17.3 Å². The van der Waals surface area contributed by atoms with E-state index in [0.717, 1.165) is 10.0 Å². The third-order valence-corrected chi connectivity index (χ3v) is 4.97. The van der Waals surface area contributed by atoms with Crippen LogP contribution in [0.2, 0.25) is 10.0 Å². The molecule has 0 amide bonds. The van der Waals surface area contributed by atoms with Crippen LogP contribution < -0.4 is 4.74 Å². The summed E-state index contributed by atoms with van der Waals surface area (Å²) >= 11 is 15.3. The van der Waals surface area contributed by atoms with Gasteiger partial charge in [-0.3, -0.25) is 4.79 Å². The number of hydrogen-bond acceptors (Lipinski definition) is 3. The van der Waals surface area contributed by atoms with E-state index in [4.69, 9.17) is 32.4 Å². The molecule has 0 saturated heterocycles. The molecule has 0 saturated carbocycles. The normalized spacial score (nSPS) is 14.7. The van der Waals surface area contributed by atoms with E-state index in [9.17, 15) is 4.79 Å². The van der Waals surface area contributed by atoms with Crippen molar-refractivity contribution in [3.8, 4) is 17.1 Å². The molecule has 3 nitrogen and oxygen atoms in total. The van der Waals surface area contributed by atoms with E-state index in [1.807, 2.05) is 12.1 Å². The molecule has 0 unspecified atom stereocenters. The Kier molecular flexibility index (Phi) is 4.20. The second kappa shape index (κ2) is 6.37. The van der Waals surface area contributed by atoms with Gasteiger partial charge in [0.15, 0.2) is 5.76 Å². The Morgan fingerprint density at radius 2 is 1.80 bits per heavy atom. The number of fused-ring (bicyclic) bond motifs is 1. The number of carbonyl (C=O) groups excluding carboxylic acids is 1. The number of ether oxygens (including phenoxy) is 1. The van der Waals surface area contributed by atoms with Gasteiger partial charge in [0.2, 0.25) is 5.78 Å². The van der Waals surface area contributed by atoms with Crippen LogP contribution in [0.3, 0.4) is 0 Å². The van der Waals surface area contributed by atoms with E-state index >= 15 is 0 Å². The molecule has 0 N–H and O–H groups in total. The van der Waals surface area contributed by atoms with Gasteiger partial charge in [0.25, 0.3) is 0 Å². The second-order valence-corrected chi connectivity index (χ2v) is 7.14. The standard InChI is InChI=1S/C19H9BrCl2O3/c20-11-2-5-17-13(8-11)19(23)18(25-17)9-12-3-6-16(24-12)10-1-4-14(21)15(22)7-10/h1-9H. The van der Waals surface area contributed by atoms with Crippen LogP contribution in [-0.2, 0) is 0 Å². The number of hydrogen-bond donors (Lipinski definition) is 0. The van der Waals surface area contributed by atoms with Gasteiger partial charge < -0.3 is 9.15 Å². The molecule has 1 aliphatic rings. The van der Waals surface area contributed by atoms with Crippen molar-refractivity contribution < 1.29 is 13.9 Å². The lowest BCUT2D eigenvalue weighted by atomic mass is 10.1. The molecular weight excluding hydrogens is 427 g/mol. The zero-order valence-corrected chi connectivity index (χ0v) is 15.7. The minimum atomic E-state index is -0.177. The molecule has 0 spiro atoms. The predicted molar refractivity (Wildman–Crippen MR) is 101 cm³/mol. The monoisotopic (exact) mass is 434 g/mol. The Balaban J connectivity index is 1.64. The first-order valence-corrected chi connectivity index (χ1v) is 8.85. The number of rotatable bonds is 2. The van der Waals surface area contributed by atoms with Gasteiger partial charge in [-0.05, 0) is 48.5 Å². The van der Waals surface area contributed by atoms with Crippen LogP contribution in [0, 0.1) is 0 Å². The molecular formula is C19H9BrCl2O3. The highest BCUT2D eigenvalue weighted by molar-refractivity contribution is 9.10. The average molecular weight is 436 g/mol. The molecule has 0 radical (unpaired) electrons. The maximum atomic E-state index is 12.4. The van der Waals surface area contributed by atoms with E-state index in [1.54, 1.807) is 42.5 Å². The van der Waals surface area contributed by atoms with Crippen molar-refractivity contribution in [1.82, 2.24) is 0 Å². The highest BCUT2D eigenvalue weighted by Gasteiger charge is 2.27. The van der Waals surface area contributed by atoms with E-state index < -0.39 is 0 Å². The molecule has 4 rings (SSSR count). The van der Waals surface area contributed by atoms with Gasteiger partial charge in [0, 0.05) is 16.1 Å². The molecule has 2 aromatic carbocycles. The summed E-state index contributed by atoms with van der Waals surface area (Å²) in [5.41, 5.74) is 1.32. The Hall–Kier alpha value is -2.01. The van der Waals surface area contributed by atoms with Crippen molar-refractivity contribution in [3.05, 3.63) is 80.1 Å². The molecule has 0 atom stereocenters. The van der Waals surface area contributed by atoms with Gasteiger partial charge in [0.05, 0.1) is 15.6 Å². The third-order valence-electron chi connectivity index (χ3n) is 3.73. The van der Waals surface area contributed by atoms with Gasteiger partial charge >= 0.3 is 0 Å². The molecule has 124 valence electrons. The number of carbonyl (C=O) groups is 1. The maximum Gasteiger partial charge on any atom is 0.232 e. The first kappa shape index (κ1) is 16.5. The highest BCUT2D eigenvalue weighted by atomic mass is 79.9. The Labute approximate surface area is 161 Å². The Morgan fingerprint density at radius 3 is 2.60 bits per heavy atom. The molecule has 1 aromatic heterocycles. The minimum Gasteiger partial charge on any atom is -0.457 e. The Bertz CT molecular complexity index is 1040. The smallest absolute Gasteiger partial charge is 0.232 e. The van der Waals surface area contributed by atoms with Gasteiger partial charge in [-0.2, -0.15) is 0 Å². The predicted octanol–water partition coefficient (Wildman–Crippen LogP) is 6.63. The third kappa shape index (κ3) is 3.13. The maximum absolute atomic E-state index is 12.4. The molecule has 3 aromatic rings. The van der Waals surface area contributed by atoms with Crippen molar-refractivity contribution >= 4 is 51.0 Å². The molecule has 1 aliphatic heterocycles. The lowest BCUT2D eigenvalue weighted by molar-refractivity contribution is 0.101. The van der Waals surface area contributed by atoms with Crippen molar-refractivity contribution in [3.63, 3.8) is 0 Å². The lowest BCUT2D eigenvalue weighted by Crippen LogP contribution is -1.97. The number of Topliss-reactive ketones (excluding diaryl/α,β-unsaturated/α-hetero) is 1. The van der Waals surface area contributed by atoms with Gasteiger partial charge in [-0.25, -0.2) is 0 Å². The van der Waals surface area contributed by atoms with E-state index in [2.05, 4.69) is 15.9 Å². The molecule has 0 aliphatic carbocycles. The number of halogens is 3. The molecule has 25 heavy (non-hydrogen) atoms. The number of ketones is 1. The van der Waals surface area contributed by atoms with Crippen LogP contribution in [0.5, 0.6) is 5.75 Å². The van der Waals surface area contributed by atoms with Crippen molar-refractivity contribution in [2.24, 2.45) is 0 Å². The van der Waals surface area contributed by atoms with Crippen molar-refractivity contribution in [2.45, 2.75) is 0 Å². The number of furan rings is 1. The second-order valence-electron chi connectivity index (χ2n) is 5.41. The lowest BCUT2D eigenvalue weighted by Gasteiger charge is -2.00. The summed E-state index contributed by atoms with van der Waals surface area (Å²) in [7, 11) is 0. The molecule has 6 heteroatoms. The summed E-state index contributed by atoms with van der Waals surface area (Å²) in [4.78, 5) is 12.4. The molecule has 2 heterocycles. The summed E-state index contributed by atoms with van der Waals surface area (Å²) in [5.74, 6) is 1.72. The molecule has 0 bridgehead atoms. The largest absolute Gasteiger partial charge is 0.457 e. The first-order chi connectivity index (χ1) is 12.0. The SMILES string of the molecule is O=C1C(=Cc2ccc(-c3ccc(Cl)c(Cl)c3)o2)Oc2ccc(Br)cc21. The fourth-order valence-electron chi connectivity index (χ4n) is 2.53. The van der Waals surface area contributed by atoms with Crippen LogP contribution in [0.25, 0.3) is 17.4 Å². The van der Waals surface area contributed by atoms with Crippen LogP contribution in [0.1, 0.15) is 16.1 Å². The zero-order chi connectivity index (χ0) is 17.6. The van der Waals surface area contributed by atoms with E-state index in [-0.39, 0.29) is 11.5 Å². The summed E-state index contributed by atoms with van der Waals surface area (Å²) in [6.45, 7) is 0. The summed E-state index contributed by atoms with van der Waals surface area (Å²) < 4.78 is 12.2. The van der Waals surface area contributed by atoms with Crippen LogP contribution in [0.4, 0.5) is 0 Å². The van der Waals surface area contributed by atoms with E-state index in [0.29, 0.717) is 32.9 Å². The van der Waals surface area contributed by atoms with Crippen LogP contribution >= 0.6 is 39.1 Å². The highest BCUT2D eigenvalue weighted by Crippen LogP contribution is 2.35. The Morgan fingerprint density at radius 1 is 0.960 bits per heavy atom. The van der Waals surface area contributed by atoms with Crippen LogP contribution in [-0.4, -0.2) is 5.78 Å². The number of benzene rings is 2. The summed E-state index contributed by atoms with van der Waals surface area (Å²) in [6.07, 6.45) is 1.58. The zero-order valence-electron chi connectivity index (χ0n) is 12.6. The minimum absolute atomic E-state index is 0.177. The average Bonchev–Trinajstić information content (AvgIpc) is 3.17. The first-order valence-electron chi connectivity index (χ1n) is 7.30. The topological polar surface area (TPSA) is 39.4 Å². The fourth-order valence-corrected chi connectivity index (χ4v) is 3.18. The van der Waals surface area contributed by atoms with Gasteiger partial charge in [-0.15, -0.1) is 0 Å². The summed E-state index contributed by atoms with van der Waals surface area (Å²) in [5, 5.41) is 0.930. The number of allylic oxidation sites excluding steroid dienone is 1. The molecule has 0 fully saturated rings. The van der Waals surface area contributed by atoms with Crippen LogP contribution in [0.15, 0.2) is 63.2 Å². The van der Waals surface area contributed by atoms with Crippen molar-refractivity contribution in [1.29, 1.82) is 0 Å². The van der Waals surface area contributed by atoms with E-state index in [1.165, 1.54) is 0 Å².